The van der Waals surface area contributed by atoms with Gasteiger partial charge in [0.25, 0.3) is 0 Å². The molecule has 0 saturated heterocycles. The Hall–Kier alpha value is -1.02. The van der Waals surface area contributed by atoms with Gasteiger partial charge in [-0.25, -0.2) is 4.98 Å². The summed E-state index contributed by atoms with van der Waals surface area (Å²) in [4.78, 5) is 4.51. The molecule has 2 aromatic carbocycles. The van der Waals surface area contributed by atoms with Crippen LogP contribution in [0.3, 0.4) is 0 Å². The zero-order valence-corrected chi connectivity index (χ0v) is 10.8. The summed E-state index contributed by atoms with van der Waals surface area (Å²) in [7, 11) is 0. The Labute approximate surface area is 113 Å². The maximum Gasteiger partial charge on any atom is 0.0739 e. The Bertz CT molecular complexity index is 737. The van der Waals surface area contributed by atoms with Gasteiger partial charge in [-0.05, 0) is 36.4 Å². The Morgan fingerprint density at radius 3 is 2.24 bits per heavy atom. The number of fused-ring (bicyclic) bond motifs is 2. The van der Waals surface area contributed by atoms with E-state index in [1.54, 1.807) is 18.2 Å². The molecule has 1 heterocycles. The van der Waals surface area contributed by atoms with E-state index < -0.39 is 0 Å². The van der Waals surface area contributed by atoms with Crippen molar-refractivity contribution in [2.45, 2.75) is 0 Å². The van der Waals surface area contributed by atoms with Crippen molar-refractivity contribution in [1.82, 2.24) is 4.98 Å². The van der Waals surface area contributed by atoms with E-state index in [4.69, 9.17) is 34.8 Å². The van der Waals surface area contributed by atoms with Crippen molar-refractivity contribution in [3.05, 3.63) is 51.5 Å². The maximum atomic E-state index is 6.36. The fourth-order valence-electron chi connectivity index (χ4n) is 1.84. The molecular formula is C13H6Cl3N. The SMILES string of the molecule is Clc1ccc2c(Cl)c3cc(Cl)ccc3nc2c1. The first-order valence-corrected chi connectivity index (χ1v) is 6.12. The number of nitrogens with zero attached hydrogens (tertiary/aromatic N) is 1. The zero-order valence-electron chi connectivity index (χ0n) is 8.55. The number of hydrogen-bond acceptors (Lipinski definition) is 1. The molecule has 0 bridgehead atoms. The van der Waals surface area contributed by atoms with Crippen LogP contribution >= 0.6 is 34.8 Å². The highest BCUT2D eigenvalue weighted by atomic mass is 35.5. The second-order valence-corrected chi connectivity index (χ2v) is 5.00. The summed E-state index contributed by atoms with van der Waals surface area (Å²) in [5.74, 6) is 0. The number of aromatic nitrogens is 1. The molecule has 0 aliphatic rings. The molecule has 0 fully saturated rings. The van der Waals surface area contributed by atoms with E-state index >= 15 is 0 Å². The summed E-state index contributed by atoms with van der Waals surface area (Å²) in [5, 5.41) is 3.69. The lowest BCUT2D eigenvalue weighted by atomic mass is 10.1. The van der Waals surface area contributed by atoms with Crippen LogP contribution in [0.1, 0.15) is 0 Å². The smallest absolute Gasteiger partial charge is 0.0739 e. The monoisotopic (exact) mass is 281 g/mol. The third-order valence-corrected chi connectivity index (χ3v) is 3.51. The van der Waals surface area contributed by atoms with Gasteiger partial charge >= 0.3 is 0 Å². The van der Waals surface area contributed by atoms with E-state index in [0.29, 0.717) is 15.1 Å². The minimum absolute atomic E-state index is 0.648. The lowest BCUT2D eigenvalue weighted by Gasteiger charge is -2.05. The Balaban J connectivity index is 2.52. The van der Waals surface area contributed by atoms with Crippen molar-refractivity contribution in [2.75, 3.05) is 0 Å². The van der Waals surface area contributed by atoms with Crippen LogP contribution in [-0.2, 0) is 0 Å². The van der Waals surface area contributed by atoms with E-state index in [1.165, 1.54) is 0 Å². The molecule has 0 radical (unpaired) electrons. The Morgan fingerprint density at radius 2 is 1.41 bits per heavy atom. The number of rotatable bonds is 0. The van der Waals surface area contributed by atoms with E-state index in [9.17, 15) is 0 Å². The van der Waals surface area contributed by atoms with Crippen LogP contribution in [0.15, 0.2) is 36.4 Å². The molecule has 0 amide bonds. The first-order valence-electron chi connectivity index (χ1n) is 4.99. The van der Waals surface area contributed by atoms with Crippen molar-refractivity contribution in [2.24, 2.45) is 0 Å². The van der Waals surface area contributed by atoms with Crippen molar-refractivity contribution in [3.63, 3.8) is 0 Å². The number of benzene rings is 2. The predicted octanol–water partition coefficient (Wildman–Crippen LogP) is 5.35. The van der Waals surface area contributed by atoms with Crippen LogP contribution in [0.25, 0.3) is 21.8 Å². The first kappa shape index (κ1) is 11.1. The van der Waals surface area contributed by atoms with Gasteiger partial charge in [0.1, 0.15) is 0 Å². The second kappa shape index (κ2) is 4.02. The van der Waals surface area contributed by atoms with Crippen LogP contribution in [-0.4, -0.2) is 4.98 Å². The highest BCUT2D eigenvalue weighted by Crippen LogP contribution is 2.32. The average molecular weight is 283 g/mol. The fraction of sp³-hybridized carbons (Fsp3) is 0. The second-order valence-electron chi connectivity index (χ2n) is 3.75. The standard InChI is InChI=1S/C13H6Cl3N/c14-7-2-4-11-10(5-7)13(16)9-3-1-8(15)6-12(9)17-11/h1-6H. The molecule has 0 atom stereocenters. The lowest BCUT2D eigenvalue weighted by molar-refractivity contribution is 1.50. The number of hydrogen-bond donors (Lipinski definition) is 0. The topological polar surface area (TPSA) is 12.9 Å². The molecule has 3 aromatic rings. The van der Waals surface area contributed by atoms with Gasteiger partial charge in [0.2, 0.25) is 0 Å². The first-order chi connectivity index (χ1) is 8.15. The van der Waals surface area contributed by atoms with Gasteiger partial charge in [-0.15, -0.1) is 0 Å². The summed E-state index contributed by atoms with van der Waals surface area (Å²) < 4.78 is 0. The largest absolute Gasteiger partial charge is 0.248 e. The molecule has 3 rings (SSSR count). The van der Waals surface area contributed by atoms with Gasteiger partial charge in [-0.2, -0.15) is 0 Å². The minimum Gasteiger partial charge on any atom is -0.248 e. The molecule has 4 heteroatoms. The molecule has 0 unspecified atom stereocenters. The summed E-state index contributed by atoms with van der Waals surface area (Å²) >= 11 is 18.3. The molecule has 0 aliphatic heterocycles. The number of pyridine rings is 1. The average Bonchev–Trinajstić information content (AvgIpc) is 2.30. The maximum absolute atomic E-state index is 6.36. The van der Waals surface area contributed by atoms with Gasteiger partial charge in [0, 0.05) is 20.8 Å². The highest BCUT2D eigenvalue weighted by Gasteiger charge is 2.07. The molecular weight excluding hydrogens is 277 g/mol. The Kier molecular flexibility index (Phi) is 2.62. The van der Waals surface area contributed by atoms with Crippen molar-refractivity contribution in [3.8, 4) is 0 Å². The van der Waals surface area contributed by atoms with Crippen LogP contribution in [0.4, 0.5) is 0 Å². The van der Waals surface area contributed by atoms with E-state index in [-0.39, 0.29) is 0 Å². The third-order valence-electron chi connectivity index (χ3n) is 2.63. The van der Waals surface area contributed by atoms with E-state index in [2.05, 4.69) is 4.98 Å². The van der Waals surface area contributed by atoms with Crippen molar-refractivity contribution >= 4 is 56.6 Å². The highest BCUT2D eigenvalue weighted by molar-refractivity contribution is 6.41. The van der Waals surface area contributed by atoms with Crippen LogP contribution in [0, 0.1) is 0 Å². The predicted molar refractivity (Wildman–Crippen MR) is 74.3 cm³/mol. The molecule has 0 saturated carbocycles. The van der Waals surface area contributed by atoms with Gasteiger partial charge in [-0.3, -0.25) is 0 Å². The molecule has 17 heavy (non-hydrogen) atoms. The molecule has 0 aliphatic carbocycles. The van der Waals surface area contributed by atoms with Gasteiger partial charge < -0.3 is 0 Å². The number of halogens is 3. The van der Waals surface area contributed by atoms with E-state index in [1.807, 2.05) is 18.2 Å². The van der Waals surface area contributed by atoms with Gasteiger partial charge in [0.05, 0.1) is 16.1 Å². The third kappa shape index (κ3) is 1.85. The van der Waals surface area contributed by atoms with Gasteiger partial charge in [0.15, 0.2) is 0 Å². The summed E-state index contributed by atoms with van der Waals surface area (Å²) in [6, 6.07) is 10.9. The Morgan fingerprint density at radius 1 is 0.706 bits per heavy atom. The zero-order chi connectivity index (χ0) is 12.0. The fourth-order valence-corrected chi connectivity index (χ4v) is 2.49. The molecule has 0 N–H and O–H groups in total. The van der Waals surface area contributed by atoms with Crippen molar-refractivity contribution < 1.29 is 0 Å². The molecule has 1 nitrogen and oxygen atoms in total. The van der Waals surface area contributed by atoms with Crippen LogP contribution < -0.4 is 0 Å². The minimum atomic E-state index is 0.648. The van der Waals surface area contributed by atoms with Crippen molar-refractivity contribution in [1.29, 1.82) is 0 Å². The van der Waals surface area contributed by atoms with Crippen LogP contribution in [0.2, 0.25) is 15.1 Å². The quantitative estimate of drug-likeness (QED) is 0.507. The summed E-state index contributed by atoms with van der Waals surface area (Å²) in [5.41, 5.74) is 1.60. The summed E-state index contributed by atoms with van der Waals surface area (Å²) in [6.45, 7) is 0. The lowest BCUT2D eigenvalue weighted by Crippen LogP contribution is -1.84. The molecule has 1 aromatic heterocycles. The normalized spacial score (nSPS) is 11.2. The summed E-state index contributed by atoms with van der Waals surface area (Å²) in [6.07, 6.45) is 0. The van der Waals surface area contributed by atoms with Crippen LogP contribution in [0.5, 0.6) is 0 Å². The van der Waals surface area contributed by atoms with E-state index in [0.717, 1.165) is 21.8 Å². The molecule has 84 valence electrons. The molecule has 0 spiro atoms. The van der Waals surface area contributed by atoms with Gasteiger partial charge in [-0.1, -0.05) is 34.8 Å².